The zero-order chi connectivity index (χ0) is 17.2. The predicted molar refractivity (Wildman–Crippen MR) is 105 cm³/mol. The molecule has 0 atom stereocenters. The Morgan fingerprint density at radius 1 is 1.04 bits per heavy atom. The zero-order valence-electron chi connectivity index (χ0n) is 14.1. The van der Waals surface area contributed by atoms with Crippen LogP contribution in [0.2, 0.25) is 0 Å². The van der Waals surface area contributed by atoms with Crippen molar-refractivity contribution in [2.24, 2.45) is 0 Å². The first kappa shape index (κ1) is 16.2. The Morgan fingerprint density at radius 3 is 2.52 bits per heavy atom. The summed E-state index contributed by atoms with van der Waals surface area (Å²) in [5.41, 5.74) is 4.53. The van der Waals surface area contributed by atoms with E-state index in [0.717, 1.165) is 46.0 Å². The van der Waals surface area contributed by atoms with Gasteiger partial charge in [0, 0.05) is 22.1 Å². The number of aromatic nitrogens is 2. The van der Waals surface area contributed by atoms with Gasteiger partial charge in [0.15, 0.2) is 0 Å². The second-order valence-electron chi connectivity index (χ2n) is 6.18. The SMILES string of the molecule is COc1ccc(-c2nn(-c3ccc(Br)cc3)c3c2CCCCN3)cc1. The Hall–Kier alpha value is -2.27. The summed E-state index contributed by atoms with van der Waals surface area (Å²) >= 11 is 3.50. The standard InChI is InChI=1S/C20H20BrN3O/c1-25-17-11-5-14(6-12-17)19-18-4-2-3-13-22-20(18)24(23-19)16-9-7-15(21)8-10-16/h5-12,22H,2-4,13H2,1H3. The van der Waals surface area contributed by atoms with Crippen LogP contribution in [0.25, 0.3) is 16.9 Å². The van der Waals surface area contributed by atoms with Gasteiger partial charge in [-0.2, -0.15) is 5.10 Å². The average Bonchev–Trinajstić information content (AvgIpc) is 2.84. The van der Waals surface area contributed by atoms with Crippen LogP contribution in [-0.4, -0.2) is 23.4 Å². The first-order chi connectivity index (χ1) is 12.3. The molecule has 0 fully saturated rings. The van der Waals surface area contributed by atoms with E-state index < -0.39 is 0 Å². The van der Waals surface area contributed by atoms with Crippen LogP contribution >= 0.6 is 15.9 Å². The summed E-state index contributed by atoms with van der Waals surface area (Å²) in [4.78, 5) is 0. The summed E-state index contributed by atoms with van der Waals surface area (Å²) < 4.78 is 8.38. The van der Waals surface area contributed by atoms with E-state index >= 15 is 0 Å². The van der Waals surface area contributed by atoms with Crippen LogP contribution in [0.1, 0.15) is 18.4 Å². The minimum atomic E-state index is 0.861. The maximum absolute atomic E-state index is 5.28. The zero-order valence-corrected chi connectivity index (χ0v) is 15.7. The molecule has 1 N–H and O–H groups in total. The van der Waals surface area contributed by atoms with E-state index in [0.29, 0.717) is 0 Å². The van der Waals surface area contributed by atoms with Gasteiger partial charge in [0.25, 0.3) is 0 Å². The molecule has 0 unspecified atom stereocenters. The highest BCUT2D eigenvalue weighted by Gasteiger charge is 2.21. The van der Waals surface area contributed by atoms with Crippen LogP contribution < -0.4 is 10.1 Å². The van der Waals surface area contributed by atoms with Gasteiger partial charge in [0.05, 0.1) is 18.5 Å². The van der Waals surface area contributed by atoms with Crippen molar-refractivity contribution in [3.63, 3.8) is 0 Å². The molecule has 0 spiro atoms. The van der Waals surface area contributed by atoms with E-state index in [9.17, 15) is 0 Å². The monoisotopic (exact) mass is 397 g/mol. The third-order valence-corrected chi connectivity index (χ3v) is 5.09. The number of anilines is 1. The summed E-state index contributed by atoms with van der Waals surface area (Å²) in [6.45, 7) is 0.983. The minimum absolute atomic E-state index is 0.861. The van der Waals surface area contributed by atoms with E-state index in [2.05, 4.69) is 45.5 Å². The van der Waals surface area contributed by atoms with E-state index in [4.69, 9.17) is 9.84 Å². The van der Waals surface area contributed by atoms with Gasteiger partial charge in [-0.1, -0.05) is 15.9 Å². The van der Waals surface area contributed by atoms with Gasteiger partial charge in [-0.15, -0.1) is 0 Å². The summed E-state index contributed by atoms with van der Waals surface area (Å²) in [7, 11) is 1.69. The molecule has 4 nitrogen and oxygen atoms in total. The molecule has 4 rings (SSSR count). The van der Waals surface area contributed by atoms with Crippen molar-refractivity contribution in [1.29, 1.82) is 0 Å². The molecule has 0 amide bonds. The molecule has 5 heteroatoms. The summed E-state index contributed by atoms with van der Waals surface area (Å²) in [6, 6.07) is 16.4. The quantitative estimate of drug-likeness (QED) is 0.671. The van der Waals surface area contributed by atoms with Crippen LogP contribution in [0, 0.1) is 0 Å². The van der Waals surface area contributed by atoms with Gasteiger partial charge in [0.2, 0.25) is 0 Å². The Labute approximate surface area is 156 Å². The van der Waals surface area contributed by atoms with Gasteiger partial charge in [-0.05, 0) is 67.8 Å². The third-order valence-electron chi connectivity index (χ3n) is 4.56. The molecule has 1 aromatic heterocycles. The molecule has 2 heterocycles. The van der Waals surface area contributed by atoms with Crippen LogP contribution in [0.15, 0.2) is 53.0 Å². The number of halogens is 1. The van der Waals surface area contributed by atoms with E-state index in [1.165, 1.54) is 18.4 Å². The Morgan fingerprint density at radius 2 is 1.80 bits per heavy atom. The highest BCUT2D eigenvalue weighted by molar-refractivity contribution is 9.10. The Balaban J connectivity index is 1.85. The van der Waals surface area contributed by atoms with Gasteiger partial charge >= 0.3 is 0 Å². The number of nitrogens with one attached hydrogen (secondary N) is 1. The normalized spacial score (nSPS) is 13.7. The predicted octanol–water partition coefficient (Wildman–Crippen LogP) is 5.06. The first-order valence-corrected chi connectivity index (χ1v) is 9.32. The van der Waals surface area contributed by atoms with Crippen molar-refractivity contribution in [3.8, 4) is 22.7 Å². The Kier molecular flexibility index (Phi) is 4.49. The number of benzene rings is 2. The highest BCUT2D eigenvalue weighted by atomic mass is 79.9. The fourth-order valence-corrected chi connectivity index (χ4v) is 3.52. The van der Waals surface area contributed by atoms with Crippen molar-refractivity contribution in [3.05, 3.63) is 58.6 Å². The van der Waals surface area contributed by atoms with E-state index in [1.54, 1.807) is 7.11 Å². The van der Waals surface area contributed by atoms with Gasteiger partial charge in [-0.25, -0.2) is 4.68 Å². The average molecular weight is 398 g/mol. The van der Waals surface area contributed by atoms with Gasteiger partial charge in [-0.3, -0.25) is 0 Å². The second-order valence-corrected chi connectivity index (χ2v) is 7.09. The molecule has 2 aromatic carbocycles. The number of fused-ring (bicyclic) bond motifs is 1. The molecular weight excluding hydrogens is 378 g/mol. The largest absolute Gasteiger partial charge is 0.497 e. The summed E-state index contributed by atoms with van der Waals surface area (Å²) in [5, 5.41) is 8.54. The second kappa shape index (κ2) is 6.92. The number of rotatable bonds is 3. The number of hydrogen-bond acceptors (Lipinski definition) is 3. The lowest BCUT2D eigenvalue weighted by molar-refractivity contribution is 0.415. The number of nitrogens with zero attached hydrogens (tertiary/aromatic N) is 2. The lowest BCUT2D eigenvalue weighted by Crippen LogP contribution is -2.07. The van der Waals surface area contributed by atoms with Crippen LogP contribution in [0.5, 0.6) is 5.75 Å². The lowest BCUT2D eigenvalue weighted by Gasteiger charge is -2.09. The van der Waals surface area contributed by atoms with Crippen molar-refractivity contribution in [2.45, 2.75) is 19.3 Å². The van der Waals surface area contributed by atoms with Crippen molar-refractivity contribution in [2.75, 3.05) is 19.0 Å². The molecular formula is C20H20BrN3O. The van der Waals surface area contributed by atoms with Crippen LogP contribution in [0.4, 0.5) is 5.82 Å². The molecule has 1 aliphatic heterocycles. The number of ether oxygens (including phenoxy) is 1. The van der Waals surface area contributed by atoms with Crippen molar-refractivity contribution in [1.82, 2.24) is 9.78 Å². The van der Waals surface area contributed by atoms with Crippen molar-refractivity contribution < 1.29 is 4.74 Å². The molecule has 0 bridgehead atoms. The molecule has 0 radical (unpaired) electrons. The summed E-state index contributed by atoms with van der Waals surface area (Å²) in [5.74, 6) is 1.98. The summed E-state index contributed by atoms with van der Waals surface area (Å²) in [6.07, 6.45) is 3.40. The fourth-order valence-electron chi connectivity index (χ4n) is 3.25. The molecule has 1 aliphatic rings. The van der Waals surface area contributed by atoms with Crippen LogP contribution in [-0.2, 0) is 6.42 Å². The number of methoxy groups -OCH3 is 1. The fraction of sp³-hybridized carbons (Fsp3) is 0.250. The van der Waals surface area contributed by atoms with Crippen molar-refractivity contribution >= 4 is 21.7 Å². The third kappa shape index (κ3) is 3.16. The molecule has 0 saturated carbocycles. The molecule has 25 heavy (non-hydrogen) atoms. The molecule has 0 aliphatic carbocycles. The topological polar surface area (TPSA) is 39.1 Å². The first-order valence-electron chi connectivity index (χ1n) is 8.52. The van der Waals surface area contributed by atoms with E-state index in [1.807, 2.05) is 28.9 Å². The van der Waals surface area contributed by atoms with E-state index in [-0.39, 0.29) is 0 Å². The highest BCUT2D eigenvalue weighted by Crippen LogP contribution is 2.34. The molecule has 3 aromatic rings. The number of hydrogen-bond donors (Lipinski definition) is 1. The molecule has 128 valence electrons. The Bertz CT molecular complexity index is 869. The van der Waals surface area contributed by atoms with Gasteiger partial charge < -0.3 is 10.1 Å². The van der Waals surface area contributed by atoms with Crippen LogP contribution in [0.3, 0.4) is 0 Å². The van der Waals surface area contributed by atoms with Gasteiger partial charge in [0.1, 0.15) is 11.6 Å². The maximum atomic E-state index is 5.28. The maximum Gasteiger partial charge on any atom is 0.133 e. The lowest BCUT2D eigenvalue weighted by atomic mass is 10.0. The molecule has 0 saturated heterocycles. The minimum Gasteiger partial charge on any atom is -0.497 e. The smallest absolute Gasteiger partial charge is 0.133 e.